The number of carbonyl (C=O) groups is 2. The molecule has 0 aliphatic heterocycles. The van der Waals surface area contributed by atoms with Crippen LogP contribution < -0.4 is 5.32 Å². The van der Waals surface area contributed by atoms with Crippen molar-refractivity contribution in [3.8, 4) is 0 Å². The van der Waals surface area contributed by atoms with Crippen molar-refractivity contribution in [2.45, 2.75) is 59.3 Å². The van der Waals surface area contributed by atoms with Gasteiger partial charge in [0.2, 0.25) is 5.91 Å². The van der Waals surface area contributed by atoms with Gasteiger partial charge in [0.05, 0.1) is 12.8 Å². The van der Waals surface area contributed by atoms with Gasteiger partial charge in [0, 0.05) is 18.1 Å². The van der Waals surface area contributed by atoms with Gasteiger partial charge in [0.1, 0.15) is 18.1 Å². The van der Waals surface area contributed by atoms with Crippen molar-refractivity contribution in [1.82, 2.24) is 15.1 Å². The van der Waals surface area contributed by atoms with E-state index < -0.39 is 5.54 Å². The minimum atomic E-state index is -0.408. The number of nitrogens with zero attached hydrogens (tertiary/aromatic N) is 2. The lowest BCUT2D eigenvalue weighted by atomic mass is 10.1. The first kappa shape index (κ1) is 22.5. The number of furan rings is 1. The van der Waals surface area contributed by atoms with E-state index >= 15 is 0 Å². The van der Waals surface area contributed by atoms with Crippen LogP contribution in [0.1, 0.15) is 45.9 Å². The zero-order valence-electron chi connectivity index (χ0n) is 17.7. The fourth-order valence-corrected chi connectivity index (χ4v) is 2.76. The Kier molecular flexibility index (Phi) is 7.42. The predicted molar refractivity (Wildman–Crippen MR) is 109 cm³/mol. The van der Waals surface area contributed by atoms with Crippen LogP contribution in [-0.4, -0.2) is 39.9 Å². The molecule has 0 saturated heterocycles. The van der Waals surface area contributed by atoms with Crippen LogP contribution in [0.5, 0.6) is 0 Å². The molecule has 0 spiro atoms. The molecular formula is C22H30FN3O3. The smallest absolute Gasteiger partial charge is 0.318 e. The molecule has 0 aliphatic rings. The third kappa shape index (κ3) is 7.25. The van der Waals surface area contributed by atoms with Gasteiger partial charge >= 0.3 is 6.03 Å². The fraction of sp³-hybridized carbons (Fsp3) is 0.455. The molecule has 0 unspecified atom stereocenters. The average Bonchev–Trinajstić information content (AvgIpc) is 3.12. The van der Waals surface area contributed by atoms with Crippen LogP contribution >= 0.6 is 0 Å². The van der Waals surface area contributed by atoms with Crippen molar-refractivity contribution in [3.63, 3.8) is 0 Å². The molecular weight excluding hydrogens is 373 g/mol. The van der Waals surface area contributed by atoms with E-state index in [1.54, 1.807) is 35.4 Å². The molecule has 1 aromatic heterocycles. The summed E-state index contributed by atoms with van der Waals surface area (Å²) in [5.74, 6) is 0.0849. The van der Waals surface area contributed by atoms with E-state index in [-0.39, 0.29) is 43.4 Å². The van der Waals surface area contributed by atoms with Gasteiger partial charge in [-0.15, -0.1) is 0 Å². The van der Waals surface area contributed by atoms with Gasteiger partial charge < -0.3 is 19.5 Å². The maximum absolute atomic E-state index is 13.2. The Labute approximate surface area is 171 Å². The van der Waals surface area contributed by atoms with Crippen LogP contribution in [0.15, 0.2) is 47.1 Å². The number of amides is 3. The molecule has 1 aromatic carbocycles. The van der Waals surface area contributed by atoms with Crippen molar-refractivity contribution in [1.29, 1.82) is 0 Å². The lowest BCUT2D eigenvalue weighted by Gasteiger charge is -2.32. The van der Waals surface area contributed by atoms with Crippen molar-refractivity contribution in [2.24, 2.45) is 0 Å². The van der Waals surface area contributed by atoms with Crippen molar-refractivity contribution in [2.75, 3.05) is 6.54 Å². The average molecular weight is 403 g/mol. The molecule has 3 amide bonds. The molecule has 0 bridgehead atoms. The Bertz CT molecular complexity index is 796. The SMILES string of the molecule is CC(C)N(CC(=O)N(Cc1ccc(F)cc1)Cc1ccco1)C(=O)NC(C)(C)C. The number of rotatable bonds is 7. The second kappa shape index (κ2) is 9.58. The normalized spacial score (nSPS) is 11.4. The highest BCUT2D eigenvalue weighted by atomic mass is 19.1. The molecule has 2 rings (SSSR count). The first-order valence-corrected chi connectivity index (χ1v) is 9.68. The second-order valence-corrected chi connectivity index (χ2v) is 8.36. The standard InChI is InChI=1S/C22H30FN3O3/c1-16(2)26(21(28)24-22(3,4)5)15-20(27)25(14-19-7-6-12-29-19)13-17-8-10-18(23)11-9-17/h6-12,16H,13-15H2,1-5H3,(H,24,28). The summed E-state index contributed by atoms with van der Waals surface area (Å²) in [5.41, 5.74) is 0.386. The lowest BCUT2D eigenvalue weighted by Crippen LogP contribution is -2.53. The van der Waals surface area contributed by atoms with E-state index in [9.17, 15) is 14.0 Å². The molecule has 0 saturated carbocycles. The quantitative estimate of drug-likeness (QED) is 0.755. The zero-order chi connectivity index (χ0) is 21.6. The van der Waals surface area contributed by atoms with Gasteiger partial charge in [0.25, 0.3) is 0 Å². The monoisotopic (exact) mass is 403 g/mol. The molecule has 7 heteroatoms. The summed E-state index contributed by atoms with van der Waals surface area (Å²) in [7, 11) is 0. The maximum Gasteiger partial charge on any atom is 0.318 e. The second-order valence-electron chi connectivity index (χ2n) is 8.36. The highest BCUT2D eigenvalue weighted by Crippen LogP contribution is 2.13. The molecule has 2 aromatic rings. The first-order chi connectivity index (χ1) is 13.5. The van der Waals surface area contributed by atoms with E-state index in [0.29, 0.717) is 5.76 Å². The Hall–Kier alpha value is -2.83. The Balaban J connectivity index is 2.17. The summed E-state index contributed by atoms with van der Waals surface area (Å²) in [5, 5.41) is 2.90. The Morgan fingerprint density at radius 2 is 1.76 bits per heavy atom. The summed E-state index contributed by atoms with van der Waals surface area (Å²) in [4.78, 5) is 28.9. The van der Waals surface area contributed by atoms with Gasteiger partial charge in [0.15, 0.2) is 0 Å². The van der Waals surface area contributed by atoms with Crippen LogP contribution in [0, 0.1) is 5.82 Å². The topological polar surface area (TPSA) is 65.8 Å². The van der Waals surface area contributed by atoms with Gasteiger partial charge in [-0.3, -0.25) is 4.79 Å². The molecule has 0 aliphatic carbocycles. The minimum Gasteiger partial charge on any atom is -0.467 e. The summed E-state index contributed by atoms with van der Waals surface area (Å²) >= 11 is 0. The van der Waals surface area contributed by atoms with Crippen molar-refractivity contribution < 1.29 is 18.4 Å². The number of halogens is 1. The number of hydrogen-bond acceptors (Lipinski definition) is 3. The first-order valence-electron chi connectivity index (χ1n) is 9.68. The van der Waals surface area contributed by atoms with E-state index in [1.807, 2.05) is 34.6 Å². The Morgan fingerprint density at radius 3 is 2.28 bits per heavy atom. The molecule has 6 nitrogen and oxygen atoms in total. The van der Waals surface area contributed by atoms with Crippen molar-refractivity contribution >= 4 is 11.9 Å². The fourth-order valence-electron chi connectivity index (χ4n) is 2.76. The van der Waals surface area contributed by atoms with Gasteiger partial charge in [-0.1, -0.05) is 12.1 Å². The molecule has 29 heavy (non-hydrogen) atoms. The summed E-state index contributed by atoms with van der Waals surface area (Å²) in [6.07, 6.45) is 1.55. The van der Waals surface area contributed by atoms with Crippen LogP contribution in [0.25, 0.3) is 0 Å². The van der Waals surface area contributed by atoms with E-state index in [2.05, 4.69) is 5.32 Å². The maximum atomic E-state index is 13.2. The van der Waals surface area contributed by atoms with E-state index in [1.165, 1.54) is 17.0 Å². The summed E-state index contributed by atoms with van der Waals surface area (Å²) in [6, 6.07) is 9.11. The number of carbonyl (C=O) groups excluding carboxylic acids is 2. The van der Waals surface area contributed by atoms with Crippen LogP contribution in [-0.2, 0) is 17.9 Å². The largest absolute Gasteiger partial charge is 0.467 e. The number of benzene rings is 1. The number of hydrogen-bond donors (Lipinski definition) is 1. The molecule has 1 N–H and O–H groups in total. The summed E-state index contributed by atoms with van der Waals surface area (Å²) in [6.45, 7) is 9.89. The van der Waals surface area contributed by atoms with Crippen LogP contribution in [0.2, 0.25) is 0 Å². The molecule has 0 atom stereocenters. The number of nitrogens with one attached hydrogen (secondary N) is 1. The highest BCUT2D eigenvalue weighted by molar-refractivity contribution is 5.84. The van der Waals surface area contributed by atoms with E-state index in [4.69, 9.17) is 4.42 Å². The number of urea groups is 1. The molecule has 158 valence electrons. The third-order valence-corrected chi connectivity index (χ3v) is 4.24. The van der Waals surface area contributed by atoms with Crippen molar-refractivity contribution in [3.05, 3.63) is 59.8 Å². The highest BCUT2D eigenvalue weighted by Gasteiger charge is 2.26. The molecule has 0 radical (unpaired) electrons. The predicted octanol–water partition coefficient (Wildman–Crippen LogP) is 4.17. The third-order valence-electron chi connectivity index (χ3n) is 4.24. The van der Waals surface area contributed by atoms with Gasteiger partial charge in [-0.05, 0) is 64.4 Å². The Morgan fingerprint density at radius 1 is 1.10 bits per heavy atom. The minimum absolute atomic E-state index is 0.0680. The van der Waals surface area contributed by atoms with Gasteiger partial charge in [-0.2, -0.15) is 0 Å². The van der Waals surface area contributed by atoms with E-state index in [0.717, 1.165) is 5.56 Å². The lowest BCUT2D eigenvalue weighted by molar-refractivity contribution is -0.133. The zero-order valence-corrected chi connectivity index (χ0v) is 17.7. The van der Waals surface area contributed by atoms with Gasteiger partial charge in [-0.25, -0.2) is 9.18 Å². The van der Waals surface area contributed by atoms with Crippen LogP contribution in [0.4, 0.5) is 9.18 Å². The molecule has 0 fully saturated rings. The van der Waals surface area contributed by atoms with Crippen LogP contribution in [0.3, 0.4) is 0 Å². The molecule has 1 heterocycles. The summed E-state index contributed by atoms with van der Waals surface area (Å²) < 4.78 is 18.6.